The molecule has 0 aliphatic rings. The molecule has 5 rings (SSSR count). The molecule has 0 bridgehead atoms. The zero-order valence-corrected chi connectivity index (χ0v) is 22.9. The van der Waals surface area contributed by atoms with Gasteiger partial charge in [-0.3, -0.25) is 14.2 Å². The summed E-state index contributed by atoms with van der Waals surface area (Å²) in [5.74, 6) is -0.0180. The monoisotopic (exact) mass is 599 g/mol. The molecule has 0 fully saturated rings. The van der Waals surface area contributed by atoms with E-state index in [9.17, 15) is 22.8 Å². The van der Waals surface area contributed by atoms with Crippen molar-refractivity contribution in [3.05, 3.63) is 106 Å². The van der Waals surface area contributed by atoms with Crippen molar-refractivity contribution < 1.29 is 27.4 Å². The number of aromatic nitrogens is 2. The van der Waals surface area contributed by atoms with Gasteiger partial charge in [0.05, 0.1) is 23.9 Å². The quantitative estimate of drug-likeness (QED) is 0.220. The summed E-state index contributed by atoms with van der Waals surface area (Å²) < 4.78 is 51.6. The van der Waals surface area contributed by atoms with Gasteiger partial charge in [0.2, 0.25) is 0 Å². The van der Waals surface area contributed by atoms with Crippen LogP contribution in [0.4, 0.5) is 13.2 Å². The topological polar surface area (TPSA) is 82.5 Å². The molecule has 0 saturated heterocycles. The van der Waals surface area contributed by atoms with Crippen molar-refractivity contribution in [2.75, 3.05) is 13.7 Å². The number of hydrogen-bond acceptors (Lipinski definition) is 6. The maximum atomic E-state index is 13.3. The lowest BCUT2D eigenvalue weighted by Crippen LogP contribution is -2.28. The summed E-state index contributed by atoms with van der Waals surface area (Å²) in [6.45, 7) is -0.492. The van der Waals surface area contributed by atoms with Crippen LogP contribution in [0, 0.1) is 0 Å². The molecule has 0 atom stereocenters. The van der Waals surface area contributed by atoms with E-state index in [4.69, 9.17) is 21.1 Å². The van der Waals surface area contributed by atoms with Crippen LogP contribution in [0.25, 0.3) is 26.3 Å². The number of benzene rings is 3. The van der Waals surface area contributed by atoms with Crippen LogP contribution in [0.3, 0.4) is 0 Å². The smallest absolute Gasteiger partial charge is 0.416 e. The van der Waals surface area contributed by atoms with Gasteiger partial charge in [0, 0.05) is 22.5 Å². The number of hydrogen-bond donors (Lipinski definition) is 1. The van der Waals surface area contributed by atoms with Gasteiger partial charge in [-0.25, -0.2) is 4.98 Å². The molecule has 1 N–H and O–H groups in total. The third-order valence-corrected chi connectivity index (χ3v) is 7.51. The fraction of sp³-hybridized carbons (Fsp3) is 0.138. The van der Waals surface area contributed by atoms with E-state index in [1.165, 1.54) is 41.5 Å². The number of alkyl halides is 3. The lowest BCUT2D eigenvalue weighted by molar-refractivity contribution is -0.137. The number of nitrogens with one attached hydrogen (secondary N) is 1. The van der Waals surface area contributed by atoms with E-state index in [1.54, 1.807) is 30.3 Å². The van der Waals surface area contributed by atoms with Crippen molar-refractivity contribution in [1.82, 2.24) is 14.9 Å². The Labute approximate surface area is 240 Å². The molecule has 210 valence electrons. The molecule has 0 spiro atoms. The van der Waals surface area contributed by atoms with E-state index in [2.05, 4.69) is 10.3 Å². The first-order chi connectivity index (χ1) is 19.6. The largest absolute Gasteiger partial charge is 0.493 e. The molecular formula is C29H21ClF3N3O4S. The number of carbonyl (C=O) groups is 1. The Morgan fingerprint density at radius 2 is 1.83 bits per heavy atom. The second-order valence-corrected chi connectivity index (χ2v) is 10.3. The van der Waals surface area contributed by atoms with Crippen molar-refractivity contribution in [3.8, 4) is 27.6 Å². The predicted octanol–water partition coefficient (Wildman–Crippen LogP) is 6.49. The summed E-state index contributed by atoms with van der Waals surface area (Å²) >= 11 is 7.31. The minimum atomic E-state index is -4.47. The SMILES string of the molecule is COc1cc(-n2cnc3cc(-c4ccc(Cl)cc4)sc3c2=O)ccc1OCC(=O)NCc1cccc(C(F)(F)F)c1. The van der Waals surface area contributed by atoms with Crippen molar-refractivity contribution in [2.24, 2.45) is 0 Å². The standard InChI is InChI=1S/C29H21ClF3N3O4S/c1-39-24-12-21(36-16-35-22-13-25(41-27(22)28(36)38)18-5-7-20(30)8-6-18)9-10-23(24)40-15-26(37)34-14-17-3-2-4-19(11-17)29(31,32)33/h2-13,16H,14-15H2,1H3,(H,34,37). The summed E-state index contributed by atoms with van der Waals surface area (Å²) in [7, 11) is 1.42. The highest BCUT2D eigenvalue weighted by Gasteiger charge is 2.30. The van der Waals surface area contributed by atoms with Crippen LogP contribution in [0.2, 0.25) is 5.02 Å². The van der Waals surface area contributed by atoms with Crippen molar-refractivity contribution in [3.63, 3.8) is 0 Å². The molecule has 0 aliphatic heterocycles. The number of nitrogens with zero attached hydrogens (tertiary/aromatic N) is 2. The first-order valence-electron chi connectivity index (χ1n) is 12.1. The Morgan fingerprint density at radius 1 is 1.05 bits per heavy atom. The Hall–Kier alpha value is -4.35. The highest BCUT2D eigenvalue weighted by Crippen LogP contribution is 2.33. The number of amides is 1. The first kappa shape index (κ1) is 28.2. The second-order valence-electron chi connectivity index (χ2n) is 8.85. The van der Waals surface area contributed by atoms with Gasteiger partial charge in [-0.2, -0.15) is 13.2 Å². The number of ether oxygens (including phenoxy) is 2. The van der Waals surface area contributed by atoms with Gasteiger partial charge in [0.25, 0.3) is 11.5 Å². The number of carbonyl (C=O) groups excluding carboxylic acids is 1. The Balaban J connectivity index is 1.28. The van der Waals surface area contributed by atoms with Crippen LogP contribution in [-0.2, 0) is 17.5 Å². The summed E-state index contributed by atoms with van der Waals surface area (Å²) in [5, 5.41) is 3.15. The molecule has 2 heterocycles. The number of fused-ring (bicyclic) bond motifs is 1. The number of halogens is 4. The Morgan fingerprint density at radius 3 is 2.56 bits per heavy atom. The minimum absolute atomic E-state index is 0.0942. The normalized spacial score (nSPS) is 11.4. The number of thiophene rings is 1. The lowest BCUT2D eigenvalue weighted by atomic mass is 10.1. The van der Waals surface area contributed by atoms with Crippen molar-refractivity contribution in [2.45, 2.75) is 12.7 Å². The number of methoxy groups -OCH3 is 1. The van der Waals surface area contributed by atoms with Gasteiger partial charge in [-0.05, 0) is 53.6 Å². The van der Waals surface area contributed by atoms with Gasteiger partial charge in [0.15, 0.2) is 18.1 Å². The molecule has 0 unspecified atom stereocenters. The molecule has 3 aromatic carbocycles. The highest BCUT2D eigenvalue weighted by atomic mass is 35.5. The van der Waals surface area contributed by atoms with E-state index in [-0.39, 0.29) is 23.6 Å². The molecule has 7 nitrogen and oxygen atoms in total. The van der Waals surface area contributed by atoms with Crippen LogP contribution >= 0.6 is 22.9 Å². The lowest BCUT2D eigenvalue weighted by Gasteiger charge is -2.13. The van der Waals surface area contributed by atoms with Gasteiger partial charge >= 0.3 is 6.18 Å². The van der Waals surface area contributed by atoms with Gasteiger partial charge in [0.1, 0.15) is 11.0 Å². The van der Waals surface area contributed by atoms with Crippen LogP contribution in [0.5, 0.6) is 11.5 Å². The third kappa shape index (κ3) is 6.36. The Kier molecular flexibility index (Phi) is 8.00. The molecule has 0 saturated carbocycles. The van der Waals surface area contributed by atoms with Crippen molar-refractivity contribution in [1.29, 1.82) is 0 Å². The van der Waals surface area contributed by atoms with Crippen molar-refractivity contribution >= 4 is 39.1 Å². The maximum Gasteiger partial charge on any atom is 0.416 e. The van der Waals surface area contributed by atoms with E-state index >= 15 is 0 Å². The van der Waals surface area contributed by atoms with E-state index < -0.39 is 24.3 Å². The zero-order chi connectivity index (χ0) is 29.1. The molecular weight excluding hydrogens is 579 g/mol. The van der Waals surface area contributed by atoms with E-state index in [0.717, 1.165) is 22.6 Å². The molecule has 5 aromatic rings. The van der Waals surface area contributed by atoms with Crippen LogP contribution in [0.15, 0.2) is 83.9 Å². The third-order valence-electron chi connectivity index (χ3n) is 6.09. The second kappa shape index (κ2) is 11.6. The van der Waals surface area contributed by atoms with Crippen LogP contribution < -0.4 is 20.3 Å². The molecule has 0 aliphatic carbocycles. The average molecular weight is 600 g/mol. The Bertz CT molecular complexity index is 1790. The molecule has 0 radical (unpaired) electrons. The van der Waals surface area contributed by atoms with Crippen LogP contribution in [-0.4, -0.2) is 29.2 Å². The molecule has 12 heteroatoms. The maximum absolute atomic E-state index is 13.3. The summed E-state index contributed by atoms with van der Waals surface area (Å²) in [5.41, 5.74) is 1.22. The predicted molar refractivity (Wildman–Crippen MR) is 151 cm³/mol. The fourth-order valence-corrected chi connectivity index (χ4v) is 5.20. The van der Waals surface area contributed by atoms with Gasteiger partial charge in [-0.15, -0.1) is 11.3 Å². The van der Waals surface area contributed by atoms with Crippen LogP contribution in [0.1, 0.15) is 11.1 Å². The first-order valence-corrected chi connectivity index (χ1v) is 13.3. The molecule has 2 aromatic heterocycles. The summed E-state index contributed by atoms with van der Waals surface area (Å²) in [6, 6.07) is 18.6. The van der Waals surface area contributed by atoms with E-state index in [1.807, 2.05) is 18.2 Å². The summed E-state index contributed by atoms with van der Waals surface area (Å²) in [4.78, 5) is 30.9. The summed E-state index contributed by atoms with van der Waals surface area (Å²) in [6.07, 6.45) is -3.04. The zero-order valence-electron chi connectivity index (χ0n) is 21.4. The highest BCUT2D eigenvalue weighted by molar-refractivity contribution is 7.22. The average Bonchev–Trinajstić information content (AvgIpc) is 3.41. The molecule has 41 heavy (non-hydrogen) atoms. The fourth-order valence-electron chi connectivity index (χ4n) is 4.03. The minimum Gasteiger partial charge on any atom is -0.493 e. The van der Waals surface area contributed by atoms with Gasteiger partial charge < -0.3 is 14.8 Å². The molecule has 1 amide bonds. The van der Waals surface area contributed by atoms with E-state index in [0.29, 0.717) is 26.5 Å². The van der Waals surface area contributed by atoms with Gasteiger partial charge in [-0.1, -0.05) is 35.9 Å². The number of rotatable bonds is 8.